The number of hydrogen-bond acceptors (Lipinski definition) is 12. The maximum atomic E-state index is 13.8. The number of pyridine rings is 2. The standard InChI is InChI=1S/2C28H29N5O4/c2*1-3-7-19-10-11-23-24-20(15-32(23)27(19)36)21(16-34)25(33(24)28(37)22-14-29-12-13-30-22)26(35)31-17(2)18-8-5-4-6-9-18/h2*3-14,17,20-21,24-25,34H,15-16H2,1-2H3,(H,31,35)/b7-3+;7-3-/t2*17-,20+,21+,24-,25+/m11/s1. The second-order valence-corrected chi connectivity index (χ2v) is 18.9. The molecule has 2 fully saturated rings. The number of hydrogen-bond donors (Lipinski definition) is 4. The number of nitrogens with zero attached hydrogens (tertiary/aromatic N) is 8. The van der Waals surface area contributed by atoms with E-state index in [2.05, 4.69) is 30.6 Å². The molecule has 2 saturated heterocycles. The molecule has 0 spiro atoms. The van der Waals surface area contributed by atoms with Crippen LogP contribution in [0.5, 0.6) is 0 Å². The van der Waals surface area contributed by atoms with Crippen molar-refractivity contribution in [3.63, 3.8) is 0 Å². The molecule has 8 heterocycles. The van der Waals surface area contributed by atoms with E-state index in [1.165, 1.54) is 47.0 Å². The number of likely N-dealkylation sites (tertiary alicyclic amines) is 2. The Bertz CT molecular complexity index is 2990. The Balaban J connectivity index is 0.000000182. The summed E-state index contributed by atoms with van der Waals surface area (Å²) in [4.78, 5) is 101. The maximum absolute atomic E-state index is 13.8. The van der Waals surface area contributed by atoms with Crippen molar-refractivity contribution in [3.8, 4) is 0 Å². The molecule has 6 aromatic rings. The lowest BCUT2D eigenvalue weighted by Crippen LogP contribution is -2.51. The third-order valence-corrected chi connectivity index (χ3v) is 14.8. The van der Waals surface area contributed by atoms with Gasteiger partial charge in [0.25, 0.3) is 22.9 Å². The molecular weight excluding hydrogens is 941 g/mol. The molecule has 4 aliphatic rings. The molecule has 0 unspecified atom stereocenters. The van der Waals surface area contributed by atoms with Gasteiger partial charge in [-0.2, -0.15) is 0 Å². The molecule has 10 rings (SSSR count). The number of allylic oxidation sites excluding steroid dienone is 2. The summed E-state index contributed by atoms with van der Waals surface area (Å²) < 4.78 is 3.32. The Morgan fingerprint density at radius 2 is 0.986 bits per heavy atom. The normalized spacial score (nSPS) is 23.1. The Kier molecular flexibility index (Phi) is 15.0. The quantitative estimate of drug-likeness (QED) is 0.131. The van der Waals surface area contributed by atoms with Crippen molar-refractivity contribution in [3.05, 3.63) is 200 Å². The first-order valence-corrected chi connectivity index (χ1v) is 24.7. The van der Waals surface area contributed by atoms with Gasteiger partial charge in [-0.05, 0) is 63.1 Å². The van der Waals surface area contributed by atoms with Crippen LogP contribution in [0.3, 0.4) is 0 Å². The third kappa shape index (κ3) is 9.37. The highest BCUT2D eigenvalue weighted by atomic mass is 16.3. The highest BCUT2D eigenvalue weighted by Crippen LogP contribution is 2.51. The van der Waals surface area contributed by atoms with E-state index in [-0.39, 0.29) is 71.5 Å². The second kappa shape index (κ2) is 21.9. The molecule has 18 heteroatoms. The van der Waals surface area contributed by atoms with E-state index in [0.29, 0.717) is 35.6 Å². The molecule has 4 aromatic heterocycles. The molecule has 0 saturated carbocycles. The topological polar surface area (TPSA) is 235 Å². The lowest BCUT2D eigenvalue weighted by molar-refractivity contribution is -0.128. The van der Waals surface area contributed by atoms with Gasteiger partial charge in [-0.25, -0.2) is 9.97 Å². The minimum absolute atomic E-state index is 0.0973. The summed E-state index contributed by atoms with van der Waals surface area (Å²) in [6.07, 6.45) is 15.6. The van der Waals surface area contributed by atoms with Gasteiger partial charge in [0, 0.05) is 97.3 Å². The summed E-state index contributed by atoms with van der Waals surface area (Å²) in [5, 5.41) is 27.1. The number of aliphatic hydroxyl groups is 2. The van der Waals surface area contributed by atoms with Crippen LogP contribution in [0.4, 0.5) is 0 Å². The summed E-state index contributed by atoms with van der Waals surface area (Å²) in [5.41, 5.74) is 4.11. The van der Waals surface area contributed by atoms with Crippen molar-refractivity contribution in [2.45, 2.75) is 77.0 Å². The lowest BCUT2D eigenvalue weighted by atomic mass is 9.88. The summed E-state index contributed by atoms with van der Waals surface area (Å²) in [6.45, 7) is 7.42. The van der Waals surface area contributed by atoms with Crippen molar-refractivity contribution < 1.29 is 29.4 Å². The number of nitrogens with one attached hydrogen (secondary N) is 2. The first kappa shape index (κ1) is 50.7. The van der Waals surface area contributed by atoms with Crippen LogP contribution in [-0.2, 0) is 22.7 Å². The Morgan fingerprint density at radius 1 is 0.595 bits per heavy atom. The van der Waals surface area contributed by atoms with Crippen LogP contribution < -0.4 is 21.8 Å². The van der Waals surface area contributed by atoms with Crippen LogP contribution >= 0.6 is 0 Å². The molecule has 4 N–H and O–H groups in total. The van der Waals surface area contributed by atoms with Gasteiger partial charge in [0.2, 0.25) is 11.8 Å². The van der Waals surface area contributed by atoms with Crippen molar-refractivity contribution in [1.29, 1.82) is 0 Å². The molecule has 74 heavy (non-hydrogen) atoms. The van der Waals surface area contributed by atoms with Gasteiger partial charge in [-0.15, -0.1) is 0 Å². The lowest BCUT2D eigenvalue weighted by Gasteiger charge is -2.31. The molecule has 0 aliphatic carbocycles. The molecule has 4 aliphatic heterocycles. The fourth-order valence-corrected chi connectivity index (χ4v) is 11.4. The van der Waals surface area contributed by atoms with Crippen molar-refractivity contribution in [2.75, 3.05) is 13.2 Å². The molecule has 380 valence electrons. The third-order valence-electron chi connectivity index (χ3n) is 14.8. The van der Waals surface area contributed by atoms with Crippen LogP contribution in [0.15, 0.2) is 144 Å². The van der Waals surface area contributed by atoms with Crippen LogP contribution in [0, 0.1) is 23.7 Å². The van der Waals surface area contributed by atoms with E-state index >= 15 is 0 Å². The Morgan fingerprint density at radius 3 is 1.32 bits per heavy atom. The average molecular weight is 999 g/mol. The number of rotatable bonds is 12. The molecule has 0 bridgehead atoms. The van der Waals surface area contributed by atoms with Gasteiger partial charge in [0.15, 0.2) is 0 Å². The highest BCUT2D eigenvalue weighted by molar-refractivity contribution is 5.98. The zero-order valence-electron chi connectivity index (χ0n) is 41.4. The van der Waals surface area contributed by atoms with E-state index in [0.717, 1.165) is 11.1 Å². The summed E-state index contributed by atoms with van der Waals surface area (Å²) >= 11 is 0. The second-order valence-electron chi connectivity index (χ2n) is 18.9. The SMILES string of the molecule is C/C=C/c1ccc2n(c1=O)C[C@H]1[C@H](CO)[C@@H](C(=O)N[C@H](C)c3ccccc3)N(C(=O)c3cnccn3)[C@@H]21.C/C=C\c1ccc2n(c1=O)C[C@H]1[C@H](CO)[C@@H](C(=O)N[C@H](C)c3ccccc3)N(C(=O)c3cnccn3)[C@@H]21. The Labute approximate surface area is 427 Å². The fraction of sp³-hybridized carbons (Fsp3) is 0.321. The molecule has 4 amide bonds. The largest absolute Gasteiger partial charge is 0.396 e. The summed E-state index contributed by atoms with van der Waals surface area (Å²) in [6, 6.07) is 22.6. The Hall–Kier alpha value is -8.22. The predicted molar refractivity (Wildman–Crippen MR) is 274 cm³/mol. The smallest absolute Gasteiger partial charge is 0.275 e. The van der Waals surface area contributed by atoms with E-state index in [4.69, 9.17) is 0 Å². The molecule has 0 radical (unpaired) electrons. The fourth-order valence-electron chi connectivity index (χ4n) is 11.4. The maximum Gasteiger partial charge on any atom is 0.275 e. The molecule has 18 nitrogen and oxygen atoms in total. The number of aromatic nitrogens is 6. The number of benzene rings is 2. The monoisotopic (exact) mass is 998 g/mol. The van der Waals surface area contributed by atoms with Gasteiger partial charge in [-0.3, -0.25) is 38.7 Å². The van der Waals surface area contributed by atoms with Gasteiger partial charge in [0.05, 0.1) is 36.6 Å². The van der Waals surface area contributed by atoms with Gasteiger partial charge < -0.3 is 39.8 Å². The minimum atomic E-state index is -0.945. The number of carbonyl (C=O) groups is 4. The first-order chi connectivity index (χ1) is 35.9. The first-order valence-electron chi connectivity index (χ1n) is 24.7. The number of aliphatic hydroxyl groups excluding tert-OH is 2. The molecule has 2 aromatic carbocycles. The number of carbonyl (C=O) groups excluding carboxylic acids is 4. The van der Waals surface area contributed by atoms with Crippen molar-refractivity contribution in [2.24, 2.45) is 23.7 Å². The van der Waals surface area contributed by atoms with Crippen LogP contribution in [-0.4, -0.2) is 98.0 Å². The van der Waals surface area contributed by atoms with Crippen molar-refractivity contribution in [1.82, 2.24) is 49.5 Å². The van der Waals surface area contributed by atoms with Crippen molar-refractivity contribution >= 4 is 35.8 Å². The molecule has 10 atom stereocenters. The number of amides is 4. The zero-order valence-corrected chi connectivity index (χ0v) is 41.4. The van der Waals surface area contributed by atoms with Crippen LogP contribution in [0.25, 0.3) is 12.2 Å². The summed E-state index contributed by atoms with van der Waals surface area (Å²) in [5.74, 6) is -3.43. The number of fused-ring (bicyclic) bond motifs is 6. The van der Waals surface area contributed by atoms with E-state index in [9.17, 15) is 39.0 Å². The highest BCUT2D eigenvalue weighted by Gasteiger charge is 2.59. The average Bonchev–Trinajstić information content (AvgIpc) is 4.18. The zero-order chi connectivity index (χ0) is 52.2. The van der Waals surface area contributed by atoms with Gasteiger partial charge >= 0.3 is 0 Å². The molecular formula is C56H58N10O8. The van der Waals surface area contributed by atoms with Gasteiger partial charge in [-0.1, -0.05) is 85.0 Å². The van der Waals surface area contributed by atoms with E-state index < -0.39 is 47.8 Å². The van der Waals surface area contributed by atoms with Crippen LogP contribution in [0.1, 0.15) is 106 Å². The van der Waals surface area contributed by atoms with E-state index in [1.807, 2.05) is 100 Å². The van der Waals surface area contributed by atoms with Gasteiger partial charge in [0.1, 0.15) is 23.5 Å². The summed E-state index contributed by atoms with van der Waals surface area (Å²) in [7, 11) is 0. The van der Waals surface area contributed by atoms with E-state index in [1.54, 1.807) is 45.6 Å². The predicted octanol–water partition coefficient (Wildman–Crippen LogP) is 4.71. The van der Waals surface area contributed by atoms with Crippen LogP contribution in [0.2, 0.25) is 0 Å². The minimum Gasteiger partial charge on any atom is -0.396 e.